The number of pyridine rings is 1. The Hall–Kier alpha value is -2.96. The monoisotopic (exact) mass is 379 g/mol. The smallest absolute Gasteiger partial charge is 0.292 e. The highest BCUT2D eigenvalue weighted by molar-refractivity contribution is 5.91. The maximum absolute atomic E-state index is 12.9. The van der Waals surface area contributed by atoms with Gasteiger partial charge in [-0.3, -0.25) is 9.78 Å². The van der Waals surface area contributed by atoms with Crippen LogP contribution in [0, 0.1) is 0 Å². The zero-order valence-corrected chi connectivity index (χ0v) is 16.3. The van der Waals surface area contributed by atoms with Crippen LogP contribution in [0.5, 0.6) is 0 Å². The van der Waals surface area contributed by atoms with Crippen LogP contribution in [0.15, 0.2) is 47.5 Å². The molecule has 0 unspecified atom stereocenters. The molecular weight excluding hydrogens is 354 g/mol. The quantitative estimate of drug-likeness (QED) is 0.678. The zero-order chi connectivity index (χ0) is 19.5. The maximum atomic E-state index is 12.9. The van der Waals surface area contributed by atoms with Crippen molar-refractivity contribution in [3.05, 3.63) is 65.8 Å². The predicted octanol–water partition coefficient (Wildman–Crippen LogP) is 3.46. The van der Waals surface area contributed by atoms with Crippen LogP contribution in [-0.4, -0.2) is 43.6 Å². The Labute approximate surface area is 164 Å². The van der Waals surface area contributed by atoms with Gasteiger partial charge in [0.2, 0.25) is 5.76 Å². The summed E-state index contributed by atoms with van der Waals surface area (Å²) in [5.74, 6) is 1.71. The van der Waals surface area contributed by atoms with Crippen molar-refractivity contribution in [2.75, 3.05) is 13.1 Å². The molecule has 4 rings (SSSR count). The third-order valence-electron chi connectivity index (χ3n) is 5.25. The van der Waals surface area contributed by atoms with Crippen LogP contribution in [0.2, 0.25) is 0 Å². The van der Waals surface area contributed by atoms with Crippen LogP contribution >= 0.6 is 0 Å². The highest BCUT2D eigenvalue weighted by Gasteiger charge is 2.30. The molecule has 1 fully saturated rings. The molecule has 1 amide bonds. The number of rotatable bonds is 5. The van der Waals surface area contributed by atoms with Gasteiger partial charge in [-0.15, -0.1) is 0 Å². The van der Waals surface area contributed by atoms with Crippen molar-refractivity contribution in [3.8, 4) is 0 Å². The molecule has 0 aromatic carbocycles. The highest BCUT2D eigenvalue weighted by atomic mass is 16.5. The molecule has 0 bridgehead atoms. The molecule has 1 atom stereocenters. The van der Waals surface area contributed by atoms with Crippen LogP contribution < -0.4 is 0 Å². The largest absolute Gasteiger partial charge is 0.351 e. The summed E-state index contributed by atoms with van der Waals surface area (Å²) in [5.41, 5.74) is 1.99. The summed E-state index contributed by atoms with van der Waals surface area (Å²) in [4.78, 5) is 23.4. The van der Waals surface area contributed by atoms with E-state index in [1.54, 1.807) is 18.5 Å². The van der Waals surface area contributed by atoms with Gasteiger partial charge in [0.15, 0.2) is 0 Å². The van der Waals surface area contributed by atoms with Crippen LogP contribution in [-0.2, 0) is 6.54 Å². The average molecular weight is 379 g/mol. The molecule has 0 spiro atoms. The Balaban J connectivity index is 1.48. The summed E-state index contributed by atoms with van der Waals surface area (Å²) in [5, 5.41) is 4.02. The number of carbonyl (C=O) groups is 1. The van der Waals surface area contributed by atoms with Crippen LogP contribution in [0.3, 0.4) is 0 Å². The van der Waals surface area contributed by atoms with E-state index < -0.39 is 0 Å². The number of hydrogen-bond donors (Lipinski definition) is 0. The second-order valence-corrected chi connectivity index (χ2v) is 7.63. The molecule has 28 heavy (non-hydrogen) atoms. The SMILES string of the molecule is CC(C)c1cc(C(=O)N2CCC[C@@H](c3nccn3Cc3ccncc3)C2)on1. The van der Waals surface area contributed by atoms with E-state index >= 15 is 0 Å². The van der Waals surface area contributed by atoms with Gasteiger partial charge in [0.1, 0.15) is 5.82 Å². The van der Waals surface area contributed by atoms with Gasteiger partial charge in [0.25, 0.3) is 5.91 Å². The summed E-state index contributed by atoms with van der Waals surface area (Å²) >= 11 is 0. The van der Waals surface area contributed by atoms with Crippen LogP contribution in [0.25, 0.3) is 0 Å². The van der Waals surface area contributed by atoms with Crippen LogP contribution in [0.1, 0.15) is 66.2 Å². The summed E-state index contributed by atoms with van der Waals surface area (Å²) in [6.07, 6.45) is 9.41. The minimum atomic E-state index is -0.0867. The molecule has 0 radical (unpaired) electrons. The first-order valence-corrected chi connectivity index (χ1v) is 9.77. The van der Waals surface area contributed by atoms with Gasteiger partial charge in [0, 0.05) is 56.4 Å². The van der Waals surface area contributed by atoms with Crippen molar-refractivity contribution in [3.63, 3.8) is 0 Å². The summed E-state index contributed by atoms with van der Waals surface area (Å²) < 4.78 is 7.47. The highest BCUT2D eigenvalue weighted by Crippen LogP contribution is 2.27. The summed E-state index contributed by atoms with van der Waals surface area (Å²) in [7, 11) is 0. The lowest BCUT2D eigenvalue weighted by Crippen LogP contribution is -2.39. The van der Waals surface area contributed by atoms with Gasteiger partial charge < -0.3 is 14.0 Å². The molecule has 146 valence electrons. The summed E-state index contributed by atoms with van der Waals surface area (Å²) in [6.45, 7) is 6.20. The molecule has 1 aliphatic rings. The van der Waals surface area contributed by atoms with E-state index in [0.29, 0.717) is 12.3 Å². The Morgan fingerprint density at radius 1 is 1.29 bits per heavy atom. The third-order valence-corrected chi connectivity index (χ3v) is 5.25. The molecule has 3 aromatic rings. The van der Waals surface area contributed by atoms with Crippen molar-refractivity contribution in [2.24, 2.45) is 0 Å². The maximum Gasteiger partial charge on any atom is 0.292 e. The lowest BCUT2D eigenvalue weighted by molar-refractivity contribution is 0.0661. The number of nitrogens with zero attached hydrogens (tertiary/aromatic N) is 5. The molecule has 1 saturated heterocycles. The van der Waals surface area contributed by atoms with E-state index in [4.69, 9.17) is 4.52 Å². The Bertz CT molecular complexity index is 931. The minimum Gasteiger partial charge on any atom is -0.351 e. The standard InChI is InChI=1S/C21H25N5O2/c1-15(2)18-12-19(28-24-18)21(27)26-10-3-4-17(14-26)20-23-9-11-25(20)13-16-5-7-22-8-6-16/h5-9,11-12,15,17H,3-4,10,13-14H2,1-2H3/t17-/m1/s1. The van der Waals surface area contributed by atoms with Gasteiger partial charge in [-0.1, -0.05) is 19.0 Å². The van der Waals surface area contributed by atoms with Crippen molar-refractivity contribution < 1.29 is 9.32 Å². The van der Waals surface area contributed by atoms with E-state index in [-0.39, 0.29) is 17.7 Å². The topological polar surface area (TPSA) is 77.0 Å². The van der Waals surface area contributed by atoms with Crippen molar-refractivity contribution >= 4 is 5.91 Å². The number of likely N-dealkylation sites (tertiary alicyclic amines) is 1. The Morgan fingerprint density at radius 2 is 2.11 bits per heavy atom. The van der Waals surface area contributed by atoms with Crippen LogP contribution in [0.4, 0.5) is 0 Å². The van der Waals surface area contributed by atoms with E-state index in [9.17, 15) is 4.79 Å². The zero-order valence-electron chi connectivity index (χ0n) is 16.3. The van der Waals surface area contributed by atoms with Gasteiger partial charge in [-0.05, 0) is 36.5 Å². The van der Waals surface area contributed by atoms with Gasteiger partial charge in [-0.2, -0.15) is 0 Å². The molecule has 0 N–H and O–H groups in total. The number of imidazole rings is 1. The summed E-state index contributed by atoms with van der Waals surface area (Å²) in [6, 6.07) is 5.79. The second-order valence-electron chi connectivity index (χ2n) is 7.63. The van der Waals surface area contributed by atoms with Gasteiger partial charge in [0.05, 0.1) is 5.69 Å². The fraction of sp³-hybridized carbons (Fsp3) is 0.429. The van der Waals surface area contributed by atoms with Crippen molar-refractivity contribution in [1.82, 2.24) is 24.6 Å². The second kappa shape index (κ2) is 7.96. The molecule has 4 heterocycles. The van der Waals surface area contributed by atoms with E-state index in [2.05, 4.69) is 19.7 Å². The normalized spacial score (nSPS) is 17.2. The lowest BCUT2D eigenvalue weighted by atomic mass is 9.96. The first-order chi connectivity index (χ1) is 13.6. The minimum absolute atomic E-state index is 0.0867. The molecule has 1 aliphatic heterocycles. The fourth-order valence-electron chi connectivity index (χ4n) is 3.69. The fourth-order valence-corrected chi connectivity index (χ4v) is 3.69. The van der Waals surface area contributed by atoms with Crippen molar-refractivity contribution in [2.45, 2.75) is 45.1 Å². The van der Waals surface area contributed by atoms with E-state index in [0.717, 1.165) is 37.4 Å². The predicted molar refractivity (Wildman–Crippen MR) is 104 cm³/mol. The molecule has 0 saturated carbocycles. The first-order valence-electron chi connectivity index (χ1n) is 9.77. The number of aromatic nitrogens is 4. The Morgan fingerprint density at radius 3 is 2.86 bits per heavy atom. The number of carbonyl (C=O) groups excluding carboxylic acids is 1. The number of hydrogen-bond acceptors (Lipinski definition) is 5. The number of amides is 1. The molecular formula is C21H25N5O2. The molecule has 0 aliphatic carbocycles. The van der Waals surface area contributed by atoms with Crippen molar-refractivity contribution in [1.29, 1.82) is 0 Å². The van der Waals surface area contributed by atoms with E-state index in [1.807, 2.05) is 43.3 Å². The molecule has 3 aromatic heterocycles. The third kappa shape index (κ3) is 3.83. The van der Waals surface area contributed by atoms with Gasteiger partial charge >= 0.3 is 0 Å². The van der Waals surface area contributed by atoms with E-state index in [1.165, 1.54) is 5.56 Å². The first kappa shape index (κ1) is 18.4. The Kier molecular flexibility index (Phi) is 5.23. The molecule has 7 nitrogen and oxygen atoms in total. The van der Waals surface area contributed by atoms with Gasteiger partial charge in [-0.25, -0.2) is 4.98 Å². The molecule has 7 heteroatoms. The average Bonchev–Trinajstić information content (AvgIpc) is 3.38. The lowest BCUT2D eigenvalue weighted by Gasteiger charge is -2.32. The number of piperidine rings is 1.